The molecule has 1 aliphatic carbocycles. The summed E-state index contributed by atoms with van der Waals surface area (Å²) in [5.74, 6) is 0. The average Bonchev–Trinajstić information content (AvgIpc) is 2.73. The maximum Gasteiger partial charge on any atom is 0.0541 e. The van der Waals surface area contributed by atoms with Crippen molar-refractivity contribution in [3.05, 3.63) is 21.9 Å². The van der Waals surface area contributed by atoms with Gasteiger partial charge in [-0.15, -0.1) is 11.3 Å². The van der Waals surface area contributed by atoms with Crippen molar-refractivity contribution in [2.24, 2.45) is 0 Å². The summed E-state index contributed by atoms with van der Waals surface area (Å²) in [6.07, 6.45) is 5.39. The molecule has 1 saturated carbocycles. The van der Waals surface area contributed by atoms with Crippen molar-refractivity contribution in [3.63, 3.8) is 0 Å². The van der Waals surface area contributed by atoms with Gasteiger partial charge in [0.2, 0.25) is 0 Å². The molecule has 1 fully saturated rings. The van der Waals surface area contributed by atoms with E-state index in [1.165, 1.54) is 16.9 Å². The van der Waals surface area contributed by atoms with Crippen molar-refractivity contribution in [2.45, 2.75) is 51.2 Å². The van der Waals surface area contributed by atoms with Crippen molar-refractivity contribution in [1.29, 1.82) is 0 Å². The molecule has 0 bridgehead atoms. The van der Waals surface area contributed by atoms with Gasteiger partial charge in [0.05, 0.1) is 6.10 Å². The number of hydrogen-bond donors (Lipinski definition) is 1. The van der Waals surface area contributed by atoms with Gasteiger partial charge >= 0.3 is 0 Å². The molecule has 0 radical (unpaired) electrons. The Balaban J connectivity index is 1.77. The van der Waals surface area contributed by atoms with Crippen LogP contribution in [0.2, 0.25) is 0 Å². The fourth-order valence-electron chi connectivity index (χ4n) is 2.62. The summed E-state index contributed by atoms with van der Waals surface area (Å²) in [5, 5.41) is 11.7. The summed E-state index contributed by atoms with van der Waals surface area (Å²) in [6, 6.07) is 2.88. The lowest BCUT2D eigenvalue weighted by atomic mass is 9.92. The van der Waals surface area contributed by atoms with E-state index in [2.05, 4.69) is 30.3 Å². The van der Waals surface area contributed by atoms with Gasteiger partial charge in [-0.1, -0.05) is 0 Å². The highest BCUT2D eigenvalue weighted by molar-refractivity contribution is 7.10. The minimum absolute atomic E-state index is 0.0424. The summed E-state index contributed by atoms with van der Waals surface area (Å²) in [5.41, 5.74) is 1.43. The van der Waals surface area contributed by atoms with E-state index in [-0.39, 0.29) is 6.10 Å². The molecule has 1 aromatic rings. The van der Waals surface area contributed by atoms with E-state index >= 15 is 0 Å². The zero-order valence-corrected chi connectivity index (χ0v) is 11.7. The van der Waals surface area contributed by atoms with Crippen molar-refractivity contribution in [2.75, 3.05) is 13.6 Å². The van der Waals surface area contributed by atoms with Crippen LogP contribution in [0.5, 0.6) is 0 Å². The third kappa shape index (κ3) is 3.54. The first kappa shape index (κ1) is 13.1. The first-order chi connectivity index (χ1) is 8.16. The largest absolute Gasteiger partial charge is 0.393 e. The van der Waals surface area contributed by atoms with Gasteiger partial charge in [0.15, 0.2) is 0 Å². The van der Waals surface area contributed by atoms with Gasteiger partial charge in [0.25, 0.3) is 0 Å². The summed E-state index contributed by atoms with van der Waals surface area (Å²) in [4.78, 5) is 4.00. The molecule has 2 nitrogen and oxygen atoms in total. The van der Waals surface area contributed by atoms with E-state index < -0.39 is 0 Å². The van der Waals surface area contributed by atoms with Gasteiger partial charge < -0.3 is 10.0 Å². The summed E-state index contributed by atoms with van der Waals surface area (Å²) >= 11 is 1.87. The Labute approximate surface area is 108 Å². The average molecular weight is 253 g/mol. The smallest absolute Gasteiger partial charge is 0.0541 e. The minimum atomic E-state index is -0.0424. The Kier molecular flexibility index (Phi) is 4.60. The molecule has 0 atom stereocenters. The zero-order valence-electron chi connectivity index (χ0n) is 10.9. The lowest BCUT2D eigenvalue weighted by Crippen LogP contribution is -2.37. The van der Waals surface area contributed by atoms with Crippen LogP contribution >= 0.6 is 11.3 Å². The Morgan fingerprint density at radius 3 is 2.65 bits per heavy atom. The fourth-order valence-corrected chi connectivity index (χ4v) is 3.52. The van der Waals surface area contributed by atoms with E-state index in [1.807, 2.05) is 11.3 Å². The number of aryl methyl sites for hydroxylation is 1. The Bertz CT molecular complexity index is 342. The summed E-state index contributed by atoms with van der Waals surface area (Å²) in [6.45, 7) is 3.34. The van der Waals surface area contributed by atoms with E-state index in [0.717, 1.165) is 32.2 Å². The van der Waals surface area contributed by atoms with Crippen LogP contribution in [0.25, 0.3) is 0 Å². The van der Waals surface area contributed by atoms with Crippen molar-refractivity contribution >= 4 is 11.3 Å². The van der Waals surface area contributed by atoms with Crippen molar-refractivity contribution in [3.8, 4) is 0 Å². The highest BCUT2D eigenvalue weighted by atomic mass is 32.1. The lowest BCUT2D eigenvalue weighted by molar-refractivity contribution is 0.0847. The molecular formula is C14H23NOS. The molecular weight excluding hydrogens is 230 g/mol. The summed E-state index contributed by atoms with van der Waals surface area (Å²) in [7, 11) is 2.23. The predicted molar refractivity (Wildman–Crippen MR) is 73.7 cm³/mol. The number of likely N-dealkylation sites (N-methyl/N-ethyl adjacent to an activating group) is 1. The Morgan fingerprint density at radius 1 is 1.35 bits per heavy atom. The molecule has 0 saturated heterocycles. The van der Waals surface area contributed by atoms with Gasteiger partial charge in [0.1, 0.15) is 0 Å². The second kappa shape index (κ2) is 5.98. The first-order valence-electron chi connectivity index (χ1n) is 6.58. The normalized spacial score (nSPS) is 25.4. The molecule has 2 rings (SSSR count). The highest BCUT2D eigenvalue weighted by Crippen LogP contribution is 2.23. The number of thiophene rings is 1. The molecule has 0 aromatic carbocycles. The highest BCUT2D eigenvalue weighted by Gasteiger charge is 2.22. The van der Waals surface area contributed by atoms with Crippen molar-refractivity contribution in [1.82, 2.24) is 4.90 Å². The first-order valence-corrected chi connectivity index (χ1v) is 7.46. The third-order valence-electron chi connectivity index (χ3n) is 3.95. The van der Waals surface area contributed by atoms with Gasteiger partial charge in [-0.2, -0.15) is 0 Å². The molecule has 0 aliphatic heterocycles. The molecule has 0 spiro atoms. The molecule has 1 heterocycles. The quantitative estimate of drug-likeness (QED) is 0.892. The molecule has 0 amide bonds. The standard InChI is InChI=1S/C14H23NOS/c1-11-8-10-17-14(11)7-9-15(2)12-3-5-13(16)6-4-12/h8,10,12-13,16H,3-7,9H2,1-2H3. The van der Waals surface area contributed by atoms with Crippen LogP contribution in [-0.2, 0) is 6.42 Å². The number of aliphatic hydroxyl groups is 1. The zero-order chi connectivity index (χ0) is 12.3. The second-order valence-corrected chi connectivity index (χ2v) is 6.22. The van der Waals surface area contributed by atoms with E-state index in [4.69, 9.17) is 0 Å². The lowest BCUT2D eigenvalue weighted by Gasteiger charge is -2.33. The maximum atomic E-state index is 9.51. The second-order valence-electron chi connectivity index (χ2n) is 5.22. The predicted octanol–water partition coefficient (Wildman–Crippen LogP) is 2.83. The van der Waals surface area contributed by atoms with Gasteiger partial charge in [0, 0.05) is 17.5 Å². The van der Waals surface area contributed by atoms with E-state index in [9.17, 15) is 5.11 Å². The Hall–Kier alpha value is -0.380. The van der Waals surface area contributed by atoms with Crippen LogP contribution in [0.1, 0.15) is 36.1 Å². The van der Waals surface area contributed by atoms with Crippen molar-refractivity contribution < 1.29 is 5.11 Å². The SMILES string of the molecule is Cc1ccsc1CCN(C)C1CCC(O)CC1. The Morgan fingerprint density at radius 2 is 2.06 bits per heavy atom. The van der Waals surface area contributed by atoms with Gasteiger partial charge in [-0.3, -0.25) is 0 Å². The van der Waals surface area contributed by atoms with E-state index in [1.54, 1.807) is 0 Å². The van der Waals surface area contributed by atoms with Crippen LogP contribution in [0.3, 0.4) is 0 Å². The number of rotatable bonds is 4. The van der Waals surface area contributed by atoms with Gasteiger partial charge in [-0.25, -0.2) is 0 Å². The topological polar surface area (TPSA) is 23.5 Å². The third-order valence-corrected chi connectivity index (χ3v) is 5.03. The molecule has 1 aliphatic rings. The van der Waals surface area contributed by atoms with Crippen LogP contribution in [0.4, 0.5) is 0 Å². The number of aliphatic hydroxyl groups excluding tert-OH is 1. The molecule has 17 heavy (non-hydrogen) atoms. The summed E-state index contributed by atoms with van der Waals surface area (Å²) < 4.78 is 0. The van der Waals surface area contributed by atoms with E-state index in [0.29, 0.717) is 6.04 Å². The minimum Gasteiger partial charge on any atom is -0.393 e. The number of hydrogen-bond acceptors (Lipinski definition) is 3. The number of nitrogens with zero attached hydrogens (tertiary/aromatic N) is 1. The molecule has 96 valence electrons. The van der Waals surface area contributed by atoms with Crippen LogP contribution < -0.4 is 0 Å². The van der Waals surface area contributed by atoms with Gasteiger partial charge in [-0.05, 0) is 63.1 Å². The molecule has 1 N–H and O–H groups in total. The maximum absolute atomic E-state index is 9.51. The molecule has 0 unspecified atom stereocenters. The van der Waals surface area contributed by atoms with Crippen LogP contribution in [0.15, 0.2) is 11.4 Å². The monoisotopic (exact) mass is 253 g/mol. The van der Waals surface area contributed by atoms with Crippen LogP contribution in [0, 0.1) is 6.92 Å². The fraction of sp³-hybridized carbons (Fsp3) is 0.714. The molecule has 3 heteroatoms. The molecule has 1 aromatic heterocycles. The van der Waals surface area contributed by atoms with Crippen LogP contribution in [-0.4, -0.2) is 35.7 Å².